The molecule has 28 heavy (non-hydrogen) atoms. The van der Waals surface area contributed by atoms with Gasteiger partial charge in [-0.05, 0) is 37.1 Å². The Kier molecular flexibility index (Phi) is 6.86. The maximum Gasteiger partial charge on any atom is 0.321 e. The number of carbonyl (C=O) groups excluding carboxylic acids is 2. The van der Waals surface area contributed by atoms with Gasteiger partial charge in [0, 0.05) is 29.6 Å². The summed E-state index contributed by atoms with van der Waals surface area (Å²) in [7, 11) is 0. The number of nitrogens with one attached hydrogen (secondary N) is 2. The number of benzene rings is 2. The fraction of sp³-hybridized carbons (Fsp3) is 0.300. The average Bonchev–Trinajstić information content (AvgIpc) is 2.70. The fourth-order valence-corrected chi connectivity index (χ4v) is 3.67. The van der Waals surface area contributed by atoms with Crippen LogP contribution >= 0.6 is 11.8 Å². The van der Waals surface area contributed by atoms with E-state index in [-0.39, 0.29) is 17.9 Å². The Balaban J connectivity index is 1.52. The zero-order valence-corrected chi connectivity index (χ0v) is 15.9. The first-order valence-electron chi connectivity index (χ1n) is 8.98. The summed E-state index contributed by atoms with van der Waals surface area (Å²) in [6, 6.07) is 15.5. The van der Waals surface area contributed by atoms with Gasteiger partial charge in [0.05, 0.1) is 5.69 Å². The van der Waals surface area contributed by atoms with Gasteiger partial charge in [-0.1, -0.05) is 42.1 Å². The van der Waals surface area contributed by atoms with Gasteiger partial charge < -0.3 is 15.5 Å². The van der Waals surface area contributed by atoms with Crippen molar-refractivity contribution in [2.24, 2.45) is 5.92 Å². The Labute approximate surface area is 166 Å². The number of thioether (sulfide) groups is 1. The summed E-state index contributed by atoms with van der Waals surface area (Å²) in [5, 5.41) is 5.59. The number of rotatable bonds is 5. The predicted molar refractivity (Wildman–Crippen MR) is 107 cm³/mol. The van der Waals surface area contributed by atoms with Crippen molar-refractivity contribution in [3.05, 3.63) is 54.6 Å². The molecular formula is C20H21F2N3O2S. The molecule has 0 saturated carbocycles. The summed E-state index contributed by atoms with van der Waals surface area (Å²) in [4.78, 5) is 26.9. The Morgan fingerprint density at radius 3 is 2.29 bits per heavy atom. The van der Waals surface area contributed by atoms with Gasteiger partial charge in [-0.25, -0.2) is 4.79 Å². The second kappa shape index (κ2) is 9.54. The van der Waals surface area contributed by atoms with Gasteiger partial charge >= 0.3 is 6.03 Å². The van der Waals surface area contributed by atoms with Crippen molar-refractivity contribution in [2.75, 3.05) is 23.7 Å². The predicted octanol–water partition coefficient (Wildman–Crippen LogP) is 4.88. The summed E-state index contributed by atoms with van der Waals surface area (Å²) in [5.41, 5.74) is 1.11. The first-order chi connectivity index (χ1) is 13.5. The highest BCUT2D eigenvalue weighted by molar-refractivity contribution is 7.99. The number of alkyl halides is 2. The summed E-state index contributed by atoms with van der Waals surface area (Å²) in [6.45, 7) is 0.925. The highest BCUT2D eigenvalue weighted by atomic mass is 32.2. The lowest BCUT2D eigenvalue weighted by molar-refractivity contribution is -0.121. The molecule has 1 aliphatic rings. The Morgan fingerprint density at radius 1 is 0.964 bits per heavy atom. The van der Waals surface area contributed by atoms with Crippen LogP contribution in [0.3, 0.4) is 0 Å². The monoisotopic (exact) mass is 405 g/mol. The van der Waals surface area contributed by atoms with E-state index >= 15 is 0 Å². The van der Waals surface area contributed by atoms with E-state index in [1.54, 1.807) is 29.2 Å². The van der Waals surface area contributed by atoms with Crippen LogP contribution < -0.4 is 10.6 Å². The molecule has 8 heteroatoms. The minimum atomic E-state index is -2.55. The van der Waals surface area contributed by atoms with Crippen molar-refractivity contribution in [3.63, 3.8) is 0 Å². The number of hydrogen-bond acceptors (Lipinski definition) is 3. The highest BCUT2D eigenvalue weighted by Gasteiger charge is 2.28. The van der Waals surface area contributed by atoms with Gasteiger partial charge in [-0.15, -0.1) is 0 Å². The molecular weight excluding hydrogens is 384 g/mol. The second-order valence-electron chi connectivity index (χ2n) is 6.42. The molecule has 3 rings (SSSR count). The molecule has 2 aromatic carbocycles. The number of urea groups is 1. The molecule has 2 N–H and O–H groups in total. The SMILES string of the molecule is O=C(Nc1ccccc1SC(F)F)C1CCN(C(=O)Nc2ccccc2)CC1. The smallest absolute Gasteiger partial charge is 0.321 e. The number of carbonyl (C=O) groups is 2. The highest BCUT2D eigenvalue weighted by Crippen LogP contribution is 2.32. The third-order valence-corrected chi connectivity index (χ3v) is 5.33. The van der Waals surface area contributed by atoms with E-state index < -0.39 is 5.76 Å². The van der Waals surface area contributed by atoms with Crippen LogP contribution in [0.1, 0.15) is 12.8 Å². The Morgan fingerprint density at radius 2 is 1.61 bits per heavy atom. The van der Waals surface area contributed by atoms with E-state index in [2.05, 4.69) is 10.6 Å². The van der Waals surface area contributed by atoms with Gasteiger partial charge in [0.25, 0.3) is 5.76 Å². The molecule has 0 atom stereocenters. The topological polar surface area (TPSA) is 61.4 Å². The molecule has 0 unspecified atom stereocenters. The lowest BCUT2D eigenvalue weighted by Crippen LogP contribution is -2.43. The molecule has 0 spiro atoms. The van der Waals surface area contributed by atoms with Crippen LogP contribution in [0.2, 0.25) is 0 Å². The molecule has 3 amide bonds. The van der Waals surface area contributed by atoms with Gasteiger partial charge in [0.2, 0.25) is 5.91 Å². The minimum absolute atomic E-state index is 0.191. The van der Waals surface area contributed by atoms with Gasteiger partial charge in [-0.3, -0.25) is 4.79 Å². The van der Waals surface area contributed by atoms with Crippen molar-refractivity contribution in [1.29, 1.82) is 0 Å². The van der Waals surface area contributed by atoms with E-state index in [4.69, 9.17) is 0 Å². The first kappa shape index (κ1) is 20.1. The number of halogens is 2. The van der Waals surface area contributed by atoms with Crippen LogP contribution in [0.4, 0.5) is 25.0 Å². The van der Waals surface area contributed by atoms with Crippen LogP contribution in [0, 0.1) is 5.92 Å². The number of likely N-dealkylation sites (tertiary alicyclic amines) is 1. The molecule has 1 saturated heterocycles. The average molecular weight is 405 g/mol. The Bertz CT molecular complexity index is 812. The van der Waals surface area contributed by atoms with Crippen LogP contribution in [-0.4, -0.2) is 35.7 Å². The number of anilines is 2. The molecule has 0 bridgehead atoms. The van der Waals surface area contributed by atoms with Crippen molar-refractivity contribution in [2.45, 2.75) is 23.5 Å². The van der Waals surface area contributed by atoms with Crippen LogP contribution in [0.5, 0.6) is 0 Å². The second-order valence-corrected chi connectivity index (χ2v) is 7.45. The van der Waals surface area contributed by atoms with Crippen molar-refractivity contribution < 1.29 is 18.4 Å². The molecule has 0 radical (unpaired) electrons. The van der Waals surface area contributed by atoms with E-state index in [9.17, 15) is 18.4 Å². The van der Waals surface area contributed by atoms with Gasteiger partial charge in [0.15, 0.2) is 0 Å². The molecule has 1 aliphatic heterocycles. The Hall–Kier alpha value is -2.61. The van der Waals surface area contributed by atoms with Crippen LogP contribution in [0.15, 0.2) is 59.5 Å². The molecule has 0 aromatic heterocycles. The standard InChI is InChI=1S/C20H21F2N3O2S/c21-19(22)28-17-9-5-4-8-16(17)24-18(26)14-10-12-25(13-11-14)20(27)23-15-6-2-1-3-7-15/h1-9,14,19H,10-13H2,(H,23,27)(H,24,26). The molecule has 148 valence electrons. The van der Waals surface area contributed by atoms with E-state index in [1.807, 2.05) is 30.3 Å². The quantitative estimate of drug-likeness (QED) is 0.697. The fourth-order valence-electron chi connectivity index (χ4n) is 3.07. The summed E-state index contributed by atoms with van der Waals surface area (Å²) in [6.07, 6.45) is 1.05. The lowest BCUT2D eigenvalue weighted by Gasteiger charge is -2.31. The molecule has 1 fully saturated rings. The zero-order chi connectivity index (χ0) is 19.9. The largest absolute Gasteiger partial charge is 0.325 e. The number of piperidine rings is 1. The maximum absolute atomic E-state index is 12.7. The molecule has 1 heterocycles. The first-order valence-corrected chi connectivity index (χ1v) is 9.86. The number of nitrogens with zero attached hydrogens (tertiary/aromatic N) is 1. The third-order valence-electron chi connectivity index (χ3n) is 4.54. The van der Waals surface area contributed by atoms with Crippen molar-refractivity contribution >= 4 is 35.1 Å². The summed E-state index contributed by atoms with van der Waals surface area (Å²) >= 11 is 0.410. The van der Waals surface area contributed by atoms with Crippen LogP contribution in [0.25, 0.3) is 0 Å². The maximum atomic E-state index is 12.7. The molecule has 2 aromatic rings. The van der Waals surface area contributed by atoms with Gasteiger partial charge in [0.1, 0.15) is 0 Å². The number of hydrogen-bond donors (Lipinski definition) is 2. The number of amides is 3. The summed E-state index contributed by atoms with van der Waals surface area (Å²) < 4.78 is 25.3. The van der Waals surface area contributed by atoms with Crippen LogP contribution in [-0.2, 0) is 4.79 Å². The van der Waals surface area contributed by atoms with E-state index in [0.717, 1.165) is 5.69 Å². The van der Waals surface area contributed by atoms with Crippen molar-refractivity contribution in [1.82, 2.24) is 4.90 Å². The third kappa shape index (κ3) is 5.45. The molecule has 0 aliphatic carbocycles. The summed E-state index contributed by atoms with van der Waals surface area (Å²) in [5.74, 6) is -3.01. The van der Waals surface area contributed by atoms with Crippen molar-refractivity contribution in [3.8, 4) is 0 Å². The normalized spacial score (nSPS) is 14.8. The van der Waals surface area contributed by atoms with E-state index in [0.29, 0.717) is 48.3 Å². The minimum Gasteiger partial charge on any atom is -0.325 e. The van der Waals surface area contributed by atoms with E-state index in [1.165, 1.54) is 0 Å². The van der Waals surface area contributed by atoms with Gasteiger partial charge in [-0.2, -0.15) is 8.78 Å². The molecule has 5 nitrogen and oxygen atoms in total. The number of para-hydroxylation sites is 2. The lowest BCUT2D eigenvalue weighted by atomic mass is 9.96. The zero-order valence-electron chi connectivity index (χ0n) is 15.1.